The zero-order valence-electron chi connectivity index (χ0n) is 14.0. The largest absolute Gasteiger partial charge is 0.355 e. The Kier molecular flexibility index (Phi) is 7.21. The van der Waals surface area contributed by atoms with Gasteiger partial charge in [-0.05, 0) is 37.0 Å². The predicted molar refractivity (Wildman–Crippen MR) is 99.9 cm³/mol. The summed E-state index contributed by atoms with van der Waals surface area (Å²) < 4.78 is 0. The molecule has 0 heterocycles. The van der Waals surface area contributed by atoms with Crippen LogP contribution in [0.4, 0.5) is 0 Å². The van der Waals surface area contributed by atoms with Gasteiger partial charge in [-0.25, -0.2) is 0 Å². The van der Waals surface area contributed by atoms with Gasteiger partial charge < -0.3 is 5.32 Å². The van der Waals surface area contributed by atoms with Gasteiger partial charge in [-0.3, -0.25) is 4.79 Å². The topological polar surface area (TPSA) is 29.1 Å². The van der Waals surface area contributed by atoms with E-state index in [0.29, 0.717) is 6.42 Å². The monoisotopic (exact) mass is 327 g/mol. The lowest BCUT2D eigenvalue weighted by Gasteiger charge is -2.07. The number of thioether (sulfide) groups is 1. The molecule has 2 rings (SSSR count). The van der Waals surface area contributed by atoms with Crippen LogP contribution in [-0.2, 0) is 17.0 Å². The average Bonchev–Trinajstić information content (AvgIpc) is 2.55. The second-order valence-electron chi connectivity index (χ2n) is 5.81. The van der Waals surface area contributed by atoms with Crippen molar-refractivity contribution in [2.24, 2.45) is 0 Å². The molecule has 122 valence electrons. The molecule has 2 aromatic rings. The van der Waals surface area contributed by atoms with Gasteiger partial charge in [0.1, 0.15) is 0 Å². The first-order valence-electron chi connectivity index (χ1n) is 8.09. The number of carbonyl (C=O) groups is 1. The number of benzene rings is 2. The lowest BCUT2D eigenvalue weighted by Crippen LogP contribution is -2.25. The van der Waals surface area contributed by atoms with Gasteiger partial charge in [0.25, 0.3) is 0 Å². The van der Waals surface area contributed by atoms with E-state index in [2.05, 4.69) is 67.7 Å². The molecule has 0 bridgehead atoms. The molecule has 0 spiro atoms. The molecule has 2 aromatic carbocycles. The number of hydrogen-bond acceptors (Lipinski definition) is 2. The van der Waals surface area contributed by atoms with Gasteiger partial charge in [0.2, 0.25) is 5.91 Å². The highest BCUT2D eigenvalue weighted by atomic mass is 32.2. The molecular weight excluding hydrogens is 302 g/mol. The van der Waals surface area contributed by atoms with Crippen molar-refractivity contribution in [1.29, 1.82) is 0 Å². The third-order valence-electron chi connectivity index (χ3n) is 3.85. The molecule has 2 nitrogen and oxygen atoms in total. The summed E-state index contributed by atoms with van der Waals surface area (Å²) >= 11 is 1.86. The van der Waals surface area contributed by atoms with E-state index in [1.807, 2.05) is 11.8 Å². The third-order valence-corrected chi connectivity index (χ3v) is 4.86. The number of rotatable bonds is 8. The molecule has 0 fully saturated rings. The minimum absolute atomic E-state index is 0.141. The van der Waals surface area contributed by atoms with Crippen molar-refractivity contribution in [2.45, 2.75) is 32.4 Å². The molecule has 0 saturated carbocycles. The minimum Gasteiger partial charge on any atom is -0.355 e. The smallest absolute Gasteiger partial charge is 0.220 e. The van der Waals surface area contributed by atoms with Crippen LogP contribution in [0.3, 0.4) is 0 Å². The van der Waals surface area contributed by atoms with Crippen molar-refractivity contribution < 1.29 is 4.79 Å². The Morgan fingerprint density at radius 3 is 2.52 bits per heavy atom. The van der Waals surface area contributed by atoms with Crippen LogP contribution >= 0.6 is 11.8 Å². The Bertz CT molecular complexity index is 622. The zero-order chi connectivity index (χ0) is 16.5. The number of aryl methyl sites for hydroxylation is 3. The Balaban J connectivity index is 1.58. The summed E-state index contributed by atoms with van der Waals surface area (Å²) in [5, 5.41) is 3.01. The molecule has 0 atom stereocenters. The summed E-state index contributed by atoms with van der Waals surface area (Å²) in [5.74, 6) is 2.10. The Morgan fingerprint density at radius 1 is 1.04 bits per heavy atom. The van der Waals surface area contributed by atoms with Crippen molar-refractivity contribution in [3.05, 3.63) is 70.8 Å². The van der Waals surface area contributed by atoms with Gasteiger partial charge in [-0.1, -0.05) is 54.1 Å². The highest BCUT2D eigenvalue weighted by Crippen LogP contribution is 2.15. The normalized spacial score (nSPS) is 10.5. The molecule has 0 radical (unpaired) electrons. The highest BCUT2D eigenvalue weighted by Gasteiger charge is 2.02. The first-order chi connectivity index (χ1) is 11.1. The van der Waals surface area contributed by atoms with Crippen LogP contribution in [0.5, 0.6) is 0 Å². The van der Waals surface area contributed by atoms with E-state index in [9.17, 15) is 4.79 Å². The number of amides is 1. The predicted octanol–water partition coefficient (Wildman–Crippen LogP) is 4.29. The summed E-state index contributed by atoms with van der Waals surface area (Å²) in [6.07, 6.45) is 1.37. The summed E-state index contributed by atoms with van der Waals surface area (Å²) in [7, 11) is 0. The average molecular weight is 327 g/mol. The van der Waals surface area contributed by atoms with Crippen LogP contribution in [0, 0.1) is 13.8 Å². The van der Waals surface area contributed by atoms with Crippen LogP contribution in [0.2, 0.25) is 0 Å². The molecule has 0 saturated heterocycles. The maximum Gasteiger partial charge on any atom is 0.220 e. The van der Waals surface area contributed by atoms with Crippen molar-refractivity contribution in [3.8, 4) is 0 Å². The van der Waals surface area contributed by atoms with Crippen molar-refractivity contribution >= 4 is 17.7 Å². The van der Waals surface area contributed by atoms with Crippen LogP contribution in [0.25, 0.3) is 0 Å². The van der Waals surface area contributed by atoms with Gasteiger partial charge >= 0.3 is 0 Å². The maximum atomic E-state index is 11.9. The Hall–Kier alpha value is -1.74. The molecule has 1 N–H and O–H groups in total. The second kappa shape index (κ2) is 9.41. The van der Waals surface area contributed by atoms with E-state index in [4.69, 9.17) is 0 Å². The first-order valence-corrected chi connectivity index (χ1v) is 9.25. The van der Waals surface area contributed by atoms with E-state index in [1.165, 1.54) is 22.3 Å². The van der Waals surface area contributed by atoms with E-state index in [1.54, 1.807) is 0 Å². The Labute approximate surface area is 143 Å². The van der Waals surface area contributed by atoms with Gasteiger partial charge in [0, 0.05) is 24.5 Å². The molecule has 0 aliphatic heterocycles. The SMILES string of the molecule is Cc1ccc(CCC(=O)NCCSCc2ccccc2C)cc1. The molecule has 1 amide bonds. The van der Waals surface area contributed by atoms with E-state index in [0.717, 1.165) is 24.5 Å². The summed E-state index contributed by atoms with van der Waals surface area (Å²) in [5.41, 5.74) is 5.19. The highest BCUT2D eigenvalue weighted by molar-refractivity contribution is 7.98. The van der Waals surface area contributed by atoms with Crippen LogP contribution in [-0.4, -0.2) is 18.2 Å². The van der Waals surface area contributed by atoms with Gasteiger partial charge in [0.05, 0.1) is 0 Å². The molecule has 0 unspecified atom stereocenters. The van der Waals surface area contributed by atoms with Crippen molar-refractivity contribution in [1.82, 2.24) is 5.32 Å². The number of hydrogen-bond donors (Lipinski definition) is 1. The molecular formula is C20H25NOS. The van der Waals surface area contributed by atoms with Gasteiger partial charge in [0.15, 0.2) is 0 Å². The van der Waals surface area contributed by atoms with Crippen LogP contribution in [0.1, 0.15) is 28.7 Å². The fraction of sp³-hybridized carbons (Fsp3) is 0.350. The molecule has 3 heteroatoms. The lowest BCUT2D eigenvalue weighted by molar-refractivity contribution is -0.120. The van der Waals surface area contributed by atoms with E-state index in [-0.39, 0.29) is 5.91 Å². The number of carbonyl (C=O) groups excluding carboxylic acids is 1. The van der Waals surface area contributed by atoms with Gasteiger partial charge in [-0.2, -0.15) is 11.8 Å². The number of nitrogens with one attached hydrogen (secondary N) is 1. The van der Waals surface area contributed by atoms with Crippen molar-refractivity contribution in [2.75, 3.05) is 12.3 Å². The van der Waals surface area contributed by atoms with E-state index >= 15 is 0 Å². The fourth-order valence-corrected chi connectivity index (χ4v) is 3.25. The van der Waals surface area contributed by atoms with Crippen molar-refractivity contribution in [3.63, 3.8) is 0 Å². The maximum absolute atomic E-state index is 11.9. The van der Waals surface area contributed by atoms with Crippen LogP contribution < -0.4 is 5.32 Å². The lowest BCUT2D eigenvalue weighted by atomic mass is 10.1. The third kappa shape index (κ3) is 6.49. The molecule has 23 heavy (non-hydrogen) atoms. The quantitative estimate of drug-likeness (QED) is 0.733. The summed E-state index contributed by atoms with van der Waals surface area (Å²) in [6, 6.07) is 16.8. The second-order valence-corrected chi connectivity index (χ2v) is 6.92. The zero-order valence-corrected chi connectivity index (χ0v) is 14.8. The molecule has 0 aliphatic carbocycles. The Morgan fingerprint density at radius 2 is 1.78 bits per heavy atom. The van der Waals surface area contributed by atoms with Crippen LogP contribution in [0.15, 0.2) is 48.5 Å². The summed E-state index contributed by atoms with van der Waals surface area (Å²) in [4.78, 5) is 11.9. The fourth-order valence-electron chi connectivity index (χ4n) is 2.32. The first kappa shape index (κ1) is 17.6. The molecule has 0 aromatic heterocycles. The summed E-state index contributed by atoms with van der Waals surface area (Å²) in [6.45, 7) is 4.96. The van der Waals surface area contributed by atoms with E-state index < -0.39 is 0 Å². The van der Waals surface area contributed by atoms with Gasteiger partial charge in [-0.15, -0.1) is 0 Å². The minimum atomic E-state index is 0.141. The molecule has 0 aliphatic rings. The standard InChI is InChI=1S/C20H25NOS/c1-16-7-9-18(10-8-16)11-12-20(22)21-13-14-23-15-19-6-4-3-5-17(19)2/h3-10H,11-15H2,1-2H3,(H,21,22).